The third kappa shape index (κ3) is 2.76. The van der Waals surface area contributed by atoms with Gasteiger partial charge in [-0.2, -0.15) is 0 Å². The first-order chi connectivity index (χ1) is 11.2. The highest BCUT2D eigenvalue weighted by Crippen LogP contribution is 2.49. The lowest BCUT2D eigenvalue weighted by molar-refractivity contribution is 0.0710. The lowest BCUT2D eigenvalue weighted by Crippen LogP contribution is -2.47. The molecule has 1 saturated carbocycles. The van der Waals surface area contributed by atoms with E-state index in [0.29, 0.717) is 17.7 Å². The van der Waals surface area contributed by atoms with Crippen LogP contribution in [0.5, 0.6) is 0 Å². The van der Waals surface area contributed by atoms with Gasteiger partial charge in [0.15, 0.2) is 0 Å². The highest BCUT2D eigenvalue weighted by atomic mass is 16.2. The lowest BCUT2D eigenvalue weighted by atomic mass is 9.65. The molecule has 2 aromatic rings. The molecule has 1 aliphatic carbocycles. The molecule has 3 heterocycles. The summed E-state index contributed by atoms with van der Waals surface area (Å²) in [4.78, 5) is 27.0. The van der Waals surface area contributed by atoms with E-state index >= 15 is 0 Å². The number of carbonyl (C=O) groups is 1. The normalized spacial score (nSPS) is 26.1. The van der Waals surface area contributed by atoms with Crippen LogP contribution in [0.2, 0.25) is 0 Å². The van der Waals surface area contributed by atoms with Crippen molar-refractivity contribution in [3.8, 4) is 0 Å². The zero-order valence-corrected chi connectivity index (χ0v) is 12.9. The number of hydrogen-bond acceptors (Lipinski definition) is 5. The molecule has 6 heteroatoms. The third-order valence-corrected chi connectivity index (χ3v) is 4.87. The van der Waals surface area contributed by atoms with E-state index in [1.54, 1.807) is 24.7 Å². The number of pyridine rings is 1. The molecule has 2 aromatic heterocycles. The summed E-state index contributed by atoms with van der Waals surface area (Å²) in [5.74, 6) is 0.733. The van der Waals surface area contributed by atoms with Crippen LogP contribution in [0, 0.1) is 5.41 Å². The van der Waals surface area contributed by atoms with Crippen LogP contribution in [-0.4, -0.2) is 44.9 Å². The van der Waals surface area contributed by atoms with E-state index in [2.05, 4.69) is 20.3 Å². The molecule has 0 radical (unpaired) electrons. The van der Waals surface area contributed by atoms with Crippen LogP contribution >= 0.6 is 0 Å². The standard InChI is InChI=1S/C17H19N5O/c23-15(14-4-1-2-6-18-14)22-9-5-17(12-22)10-13(11-17)21-16-19-7-3-8-20-16/h1-4,6-8,13H,5,9-12H2,(H,19,20,21). The molecule has 6 nitrogen and oxygen atoms in total. The number of hydrogen-bond donors (Lipinski definition) is 1. The van der Waals surface area contributed by atoms with Crippen molar-refractivity contribution in [1.82, 2.24) is 19.9 Å². The second kappa shape index (κ2) is 5.61. The summed E-state index contributed by atoms with van der Waals surface area (Å²) in [5, 5.41) is 3.37. The van der Waals surface area contributed by atoms with Crippen LogP contribution in [0.4, 0.5) is 5.95 Å². The molecule has 1 aliphatic heterocycles. The lowest BCUT2D eigenvalue weighted by Gasteiger charge is -2.45. The molecule has 1 amide bonds. The predicted molar refractivity (Wildman–Crippen MR) is 85.9 cm³/mol. The molecule has 2 aliphatic rings. The fourth-order valence-corrected chi connectivity index (χ4v) is 3.74. The molecular weight excluding hydrogens is 290 g/mol. The second-order valence-corrected chi connectivity index (χ2v) is 6.51. The number of anilines is 1. The molecule has 0 bridgehead atoms. The molecule has 4 rings (SSSR count). The van der Waals surface area contributed by atoms with Crippen LogP contribution in [0.15, 0.2) is 42.9 Å². The number of carbonyl (C=O) groups excluding carboxylic acids is 1. The van der Waals surface area contributed by atoms with Gasteiger partial charge in [0.2, 0.25) is 5.95 Å². The smallest absolute Gasteiger partial charge is 0.272 e. The zero-order valence-electron chi connectivity index (χ0n) is 12.9. The van der Waals surface area contributed by atoms with Gasteiger partial charge in [-0.05, 0) is 42.9 Å². The number of likely N-dealkylation sites (tertiary alicyclic amines) is 1. The molecule has 0 unspecified atom stereocenters. The Bertz CT molecular complexity index is 685. The average Bonchev–Trinajstić information content (AvgIpc) is 3.01. The predicted octanol–water partition coefficient (Wildman–Crippen LogP) is 1.98. The van der Waals surface area contributed by atoms with Crippen molar-refractivity contribution >= 4 is 11.9 Å². The molecule has 118 valence electrons. The van der Waals surface area contributed by atoms with Crippen LogP contribution in [0.25, 0.3) is 0 Å². The molecule has 0 atom stereocenters. The minimum Gasteiger partial charge on any atom is -0.351 e. The summed E-state index contributed by atoms with van der Waals surface area (Å²) >= 11 is 0. The first kappa shape index (κ1) is 14.1. The number of aromatic nitrogens is 3. The van der Waals surface area contributed by atoms with Crippen LogP contribution in [0.3, 0.4) is 0 Å². The van der Waals surface area contributed by atoms with Gasteiger partial charge in [0.05, 0.1) is 0 Å². The van der Waals surface area contributed by atoms with Gasteiger partial charge in [0.1, 0.15) is 5.69 Å². The molecular formula is C17H19N5O. The van der Waals surface area contributed by atoms with E-state index in [9.17, 15) is 4.79 Å². The molecule has 2 fully saturated rings. The molecule has 0 aromatic carbocycles. The van der Waals surface area contributed by atoms with Crippen molar-refractivity contribution in [2.24, 2.45) is 5.41 Å². The summed E-state index contributed by atoms with van der Waals surface area (Å²) in [6.45, 7) is 1.65. The maximum absolute atomic E-state index is 12.5. The zero-order chi connectivity index (χ0) is 15.7. The summed E-state index contributed by atoms with van der Waals surface area (Å²) in [7, 11) is 0. The van der Waals surface area contributed by atoms with Crippen LogP contribution in [-0.2, 0) is 0 Å². The largest absolute Gasteiger partial charge is 0.351 e. The van der Waals surface area contributed by atoms with Crippen molar-refractivity contribution in [2.75, 3.05) is 18.4 Å². The Kier molecular flexibility index (Phi) is 3.44. The summed E-state index contributed by atoms with van der Waals surface area (Å²) in [6.07, 6.45) is 8.36. The van der Waals surface area contributed by atoms with E-state index in [-0.39, 0.29) is 11.3 Å². The quantitative estimate of drug-likeness (QED) is 0.938. The monoisotopic (exact) mass is 309 g/mol. The Morgan fingerprint density at radius 2 is 1.91 bits per heavy atom. The van der Waals surface area contributed by atoms with E-state index in [0.717, 1.165) is 32.4 Å². The Labute approximate surface area is 135 Å². The minimum atomic E-state index is 0.0466. The van der Waals surface area contributed by atoms with Crippen molar-refractivity contribution in [1.29, 1.82) is 0 Å². The fraction of sp³-hybridized carbons (Fsp3) is 0.412. The molecule has 1 N–H and O–H groups in total. The molecule has 23 heavy (non-hydrogen) atoms. The van der Waals surface area contributed by atoms with Crippen LogP contribution < -0.4 is 5.32 Å². The summed E-state index contributed by atoms with van der Waals surface area (Å²) in [5.41, 5.74) is 0.799. The van der Waals surface area contributed by atoms with E-state index in [4.69, 9.17) is 0 Å². The van der Waals surface area contributed by atoms with Gasteiger partial charge in [-0.3, -0.25) is 9.78 Å². The van der Waals surface area contributed by atoms with E-state index in [1.807, 2.05) is 23.1 Å². The molecule has 1 spiro atoms. The maximum atomic E-state index is 12.5. The Hall–Kier alpha value is -2.50. The summed E-state index contributed by atoms with van der Waals surface area (Å²) in [6, 6.07) is 7.68. The summed E-state index contributed by atoms with van der Waals surface area (Å²) < 4.78 is 0. The number of amides is 1. The average molecular weight is 309 g/mol. The van der Waals surface area contributed by atoms with Crippen molar-refractivity contribution in [2.45, 2.75) is 25.3 Å². The number of nitrogens with one attached hydrogen (secondary N) is 1. The van der Waals surface area contributed by atoms with E-state index in [1.165, 1.54) is 0 Å². The molecule has 1 saturated heterocycles. The highest BCUT2D eigenvalue weighted by molar-refractivity contribution is 5.92. The van der Waals surface area contributed by atoms with Gasteiger partial charge in [-0.1, -0.05) is 6.07 Å². The number of rotatable bonds is 3. The van der Waals surface area contributed by atoms with Gasteiger partial charge in [-0.15, -0.1) is 0 Å². The van der Waals surface area contributed by atoms with E-state index < -0.39 is 0 Å². The second-order valence-electron chi connectivity index (χ2n) is 6.51. The first-order valence-electron chi connectivity index (χ1n) is 7.98. The van der Waals surface area contributed by atoms with Crippen molar-refractivity contribution < 1.29 is 4.79 Å². The topological polar surface area (TPSA) is 71.0 Å². The van der Waals surface area contributed by atoms with Gasteiger partial charge in [0, 0.05) is 37.7 Å². The fourth-order valence-electron chi connectivity index (χ4n) is 3.74. The van der Waals surface area contributed by atoms with Crippen molar-refractivity contribution in [3.63, 3.8) is 0 Å². The van der Waals surface area contributed by atoms with Gasteiger partial charge >= 0.3 is 0 Å². The SMILES string of the molecule is O=C(c1ccccn1)N1CCC2(CC(Nc3ncccn3)C2)C1. The highest BCUT2D eigenvalue weighted by Gasteiger charge is 2.49. The van der Waals surface area contributed by atoms with Gasteiger partial charge < -0.3 is 10.2 Å². The minimum absolute atomic E-state index is 0.0466. The Morgan fingerprint density at radius 1 is 1.13 bits per heavy atom. The van der Waals surface area contributed by atoms with Gasteiger partial charge in [-0.25, -0.2) is 9.97 Å². The first-order valence-corrected chi connectivity index (χ1v) is 7.98. The van der Waals surface area contributed by atoms with Gasteiger partial charge in [0.25, 0.3) is 5.91 Å². The Morgan fingerprint density at radius 3 is 2.65 bits per heavy atom. The van der Waals surface area contributed by atoms with Crippen LogP contribution in [0.1, 0.15) is 29.8 Å². The Balaban J connectivity index is 1.34. The van der Waals surface area contributed by atoms with Crippen molar-refractivity contribution in [3.05, 3.63) is 48.5 Å². The third-order valence-electron chi connectivity index (χ3n) is 4.87. The maximum Gasteiger partial charge on any atom is 0.272 e. The number of nitrogens with zero attached hydrogens (tertiary/aromatic N) is 4.